The molecule has 2 heterocycles. The van der Waals surface area contributed by atoms with Crippen LogP contribution in [0.2, 0.25) is 5.02 Å². The maximum absolute atomic E-state index is 6.26. The fraction of sp³-hybridized carbons (Fsp3) is 0.714. The first-order valence-electron chi connectivity index (χ1n) is 7.37. The van der Waals surface area contributed by atoms with E-state index < -0.39 is 0 Å². The summed E-state index contributed by atoms with van der Waals surface area (Å²) in [5.74, 6) is 1.47. The Morgan fingerprint density at radius 2 is 2.10 bits per heavy atom. The third-order valence-corrected chi connectivity index (χ3v) is 4.21. The van der Waals surface area contributed by atoms with Crippen molar-refractivity contribution in [3.8, 4) is 0 Å². The quantitative estimate of drug-likeness (QED) is 0.904. The second-order valence-electron chi connectivity index (χ2n) is 5.17. The molecule has 0 amide bonds. The molecule has 5 nitrogen and oxygen atoms in total. The van der Waals surface area contributed by atoms with E-state index in [1.807, 2.05) is 6.92 Å². The normalized spacial score (nSPS) is 17.2. The summed E-state index contributed by atoms with van der Waals surface area (Å²) in [4.78, 5) is 13.4. The second-order valence-corrected chi connectivity index (χ2v) is 5.58. The number of hydrogen-bond acceptors (Lipinski definition) is 5. The highest BCUT2D eigenvalue weighted by atomic mass is 35.5. The van der Waals surface area contributed by atoms with Crippen molar-refractivity contribution in [2.45, 2.75) is 32.7 Å². The summed E-state index contributed by atoms with van der Waals surface area (Å²) in [5, 5.41) is 3.75. The van der Waals surface area contributed by atoms with E-state index in [0.29, 0.717) is 17.0 Å². The molecule has 1 aliphatic heterocycles. The summed E-state index contributed by atoms with van der Waals surface area (Å²) in [6.07, 6.45) is 3.99. The zero-order valence-electron chi connectivity index (χ0n) is 12.6. The zero-order chi connectivity index (χ0) is 14.5. The van der Waals surface area contributed by atoms with Crippen LogP contribution in [0.15, 0.2) is 6.20 Å². The van der Waals surface area contributed by atoms with E-state index in [-0.39, 0.29) is 0 Å². The van der Waals surface area contributed by atoms with Gasteiger partial charge in [0.1, 0.15) is 5.02 Å². The largest absolute Gasteiger partial charge is 0.355 e. The maximum Gasteiger partial charge on any atom is 0.224 e. The molecular formula is C14H24ClN5. The van der Waals surface area contributed by atoms with Crippen LogP contribution in [0.25, 0.3) is 0 Å². The van der Waals surface area contributed by atoms with Crippen LogP contribution in [0, 0.1) is 0 Å². The highest BCUT2D eigenvalue weighted by molar-refractivity contribution is 6.32. The first-order valence-corrected chi connectivity index (χ1v) is 7.75. The van der Waals surface area contributed by atoms with Crippen LogP contribution < -0.4 is 10.2 Å². The number of nitrogens with zero attached hydrogens (tertiary/aromatic N) is 4. The van der Waals surface area contributed by atoms with Crippen LogP contribution in [-0.2, 0) is 0 Å². The lowest BCUT2D eigenvalue weighted by Gasteiger charge is -2.37. The van der Waals surface area contributed by atoms with Crippen LogP contribution >= 0.6 is 11.6 Å². The fourth-order valence-electron chi connectivity index (χ4n) is 2.64. The van der Waals surface area contributed by atoms with E-state index in [2.05, 4.69) is 39.1 Å². The van der Waals surface area contributed by atoms with Crippen LogP contribution in [0.4, 0.5) is 11.8 Å². The van der Waals surface area contributed by atoms with Gasteiger partial charge in [0.05, 0.1) is 6.20 Å². The minimum Gasteiger partial charge on any atom is -0.355 e. The monoisotopic (exact) mass is 297 g/mol. The molecule has 0 bridgehead atoms. The highest BCUT2D eigenvalue weighted by Crippen LogP contribution is 2.27. The second kappa shape index (κ2) is 7.09. The first kappa shape index (κ1) is 15.3. The van der Waals surface area contributed by atoms with E-state index in [1.165, 1.54) is 0 Å². The van der Waals surface area contributed by atoms with Gasteiger partial charge in [0.2, 0.25) is 5.95 Å². The van der Waals surface area contributed by atoms with Gasteiger partial charge in [-0.25, -0.2) is 4.98 Å². The van der Waals surface area contributed by atoms with Crippen molar-refractivity contribution in [2.75, 3.05) is 43.4 Å². The van der Waals surface area contributed by atoms with Crippen molar-refractivity contribution in [2.24, 2.45) is 0 Å². The van der Waals surface area contributed by atoms with Crippen molar-refractivity contribution < 1.29 is 0 Å². The summed E-state index contributed by atoms with van der Waals surface area (Å²) in [5.41, 5.74) is 0. The molecule has 112 valence electrons. The van der Waals surface area contributed by atoms with Crippen molar-refractivity contribution in [1.29, 1.82) is 0 Å². The summed E-state index contributed by atoms with van der Waals surface area (Å²) >= 11 is 6.26. The summed E-state index contributed by atoms with van der Waals surface area (Å²) in [7, 11) is 2.08. The van der Waals surface area contributed by atoms with Crippen molar-refractivity contribution >= 4 is 23.4 Å². The number of nitrogens with one attached hydrogen (secondary N) is 1. The molecule has 20 heavy (non-hydrogen) atoms. The SMILES string of the molecule is CCNc1ncc(Cl)c(N(C)C2CCN(CC)CC2)n1. The Morgan fingerprint density at radius 3 is 2.70 bits per heavy atom. The Labute approximate surface area is 126 Å². The Morgan fingerprint density at radius 1 is 1.40 bits per heavy atom. The van der Waals surface area contributed by atoms with Gasteiger partial charge in [0.15, 0.2) is 5.82 Å². The number of piperidine rings is 1. The van der Waals surface area contributed by atoms with Gasteiger partial charge >= 0.3 is 0 Å². The zero-order valence-corrected chi connectivity index (χ0v) is 13.3. The third-order valence-electron chi connectivity index (χ3n) is 3.95. The lowest BCUT2D eigenvalue weighted by atomic mass is 10.0. The topological polar surface area (TPSA) is 44.3 Å². The van der Waals surface area contributed by atoms with E-state index >= 15 is 0 Å². The smallest absolute Gasteiger partial charge is 0.224 e. The van der Waals surface area contributed by atoms with Crippen LogP contribution in [-0.4, -0.2) is 54.1 Å². The van der Waals surface area contributed by atoms with E-state index in [4.69, 9.17) is 11.6 Å². The first-order chi connectivity index (χ1) is 9.65. The Bertz CT molecular complexity index is 432. The number of aromatic nitrogens is 2. The highest BCUT2D eigenvalue weighted by Gasteiger charge is 2.24. The fourth-order valence-corrected chi connectivity index (χ4v) is 2.87. The van der Waals surface area contributed by atoms with Crippen LogP contribution in [0.5, 0.6) is 0 Å². The van der Waals surface area contributed by atoms with Crippen molar-refractivity contribution in [3.05, 3.63) is 11.2 Å². The minimum absolute atomic E-state index is 0.500. The number of anilines is 2. The van der Waals surface area contributed by atoms with Gasteiger partial charge in [-0.15, -0.1) is 0 Å². The summed E-state index contributed by atoms with van der Waals surface area (Å²) < 4.78 is 0. The third kappa shape index (κ3) is 3.52. The number of likely N-dealkylation sites (tertiary alicyclic amines) is 1. The number of halogens is 1. The van der Waals surface area contributed by atoms with Gasteiger partial charge in [0.25, 0.3) is 0 Å². The number of rotatable bonds is 5. The van der Waals surface area contributed by atoms with Gasteiger partial charge in [-0.1, -0.05) is 18.5 Å². The Balaban J connectivity index is 2.08. The Hall–Kier alpha value is -1.07. The van der Waals surface area contributed by atoms with Gasteiger partial charge in [-0.2, -0.15) is 4.98 Å². The molecule has 1 aromatic rings. The molecule has 1 aromatic heterocycles. The van der Waals surface area contributed by atoms with Crippen molar-refractivity contribution in [3.63, 3.8) is 0 Å². The Kier molecular flexibility index (Phi) is 5.43. The van der Waals surface area contributed by atoms with Crippen LogP contribution in [0.1, 0.15) is 26.7 Å². The van der Waals surface area contributed by atoms with E-state index in [9.17, 15) is 0 Å². The molecule has 6 heteroatoms. The lowest BCUT2D eigenvalue weighted by Crippen LogP contribution is -2.43. The molecule has 0 radical (unpaired) electrons. The van der Waals surface area contributed by atoms with Gasteiger partial charge in [0, 0.05) is 32.7 Å². The standard InChI is InChI=1S/C14H24ClN5/c1-4-16-14-17-10-12(15)13(18-14)19(3)11-6-8-20(5-2)9-7-11/h10-11H,4-9H2,1-3H3,(H,16,17,18). The molecule has 1 N–H and O–H groups in total. The molecule has 0 spiro atoms. The average Bonchev–Trinajstić information content (AvgIpc) is 2.49. The van der Waals surface area contributed by atoms with Crippen molar-refractivity contribution in [1.82, 2.24) is 14.9 Å². The molecular weight excluding hydrogens is 274 g/mol. The van der Waals surface area contributed by atoms with E-state index in [0.717, 1.165) is 44.8 Å². The maximum atomic E-state index is 6.26. The molecule has 1 fully saturated rings. The van der Waals surface area contributed by atoms with Gasteiger partial charge in [-0.3, -0.25) is 0 Å². The molecule has 0 aliphatic carbocycles. The van der Waals surface area contributed by atoms with Gasteiger partial charge < -0.3 is 15.1 Å². The molecule has 0 saturated carbocycles. The van der Waals surface area contributed by atoms with E-state index in [1.54, 1.807) is 6.20 Å². The molecule has 2 rings (SSSR count). The molecule has 0 unspecified atom stereocenters. The minimum atomic E-state index is 0.500. The summed E-state index contributed by atoms with van der Waals surface area (Å²) in [6.45, 7) is 8.48. The predicted octanol–water partition coefficient (Wildman–Crippen LogP) is 2.48. The average molecular weight is 298 g/mol. The molecule has 1 aliphatic rings. The number of hydrogen-bond donors (Lipinski definition) is 1. The summed E-state index contributed by atoms with van der Waals surface area (Å²) in [6, 6.07) is 0.500. The van der Waals surface area contributed by atoms with Gasteiger partial charge in [-0.05, 0) is 26.3 Å². The predicted molar refractivity (Wildman–Crippen MR) is 84.7 cm³/mol. The molecule has 1 saturated heterocycles. The molecule has 0 atom stereocenters. The van der Waals surface area contributed by atoms with Crippen LogP contribution in [0.3, 0.4) is 0 Å². The molecule has 0 aromatic carbocycles. The lowest BCUT2D eigenvalue weighted by molar-refractivity contribution is 0.220.